The number of hydrogen-bond acceptors (Lipinski definition) is 1. The minimum Gasteiger partial charge on any atom is -0.544 e. The molecule has 0 bridgehead atoms. The van der Waals surface area contributed by atoms with Crippen molar-refractivity contribution in [1.29, 1.82) is 0 Å². The molecule has 0 radical (unpaired) electrons. The molecular formula is C13H15BrOSi. The van der Waals surface area contributed by atoms with E-state index in [4.69, 9.17) is 4.43 Å². The van der Waals surface area contributed by atoms with Gasteiger partial charge in [0.15, 0.2) is 0 Å². The second-order valence-corrected chi connectivity index (χ2v) is 10.2. The van der Waals surface area contributed by atoms with Crippen molar-refractivity contribution in [2.75, 3.05) is 0 Å². The lowest BCUT2D eigenvalue weighted by molar-refractivity contribution is 0.564. The van der Waals surface area contributed by atoms with Crippen LogP contribution in [0, 0.1) is 0 Å². The molecule has 0 atom stereocenters. The third kappa shape index (κ3) is 2.65. The lowest BCUT2D eigenvalue weighted by Gasteiger charge is -2.20. The van der Waals surface area contributed by atoms with Gasteiger partial charge in [-0.1, -0.05) is 34.1 Å². The summed E-state index contributed by atoms with van der Waals surface area (Å²) >= 11 is 3.50. The summed E-state index contributed by atoms with van der Waals surface area (Å²) in [6.45, 7) is 6.59. The SMILES string of the molecule is C[Si](C)(C)Oc1cccc2ccc(Br)cc12. The van der Waals surface area contributed by atoms with Gasteiger partial charge in [0.05, 0.1) is 0 Å². The highest BCUT2D eigenvalue weighted by Gasteiger charge is 2.17. The zero-order valence-corrected chi connectivity index (χ0v) is 12.3. The topological polar surface area (TPSA) is 9.23 Å². The normalized spacial score (nSPS) is 11.8. The fourth-order valence-corrected chi connectivity index (χ4v) is 2.83. The van der Waals surface area contributed by atoms with Crippen molar-refractivity contribution in [3.8, 4) is 5.75 Å². The Morgan fingerprint density at radius 1 is 1.06 bits per heavy atom. The Labute approximate surface area is 106 Å². The van der Waals surface area contributed by atoms with Gasteiger partial charge in [-0.2, -0.15) is 0 Å². The largest absolute Gasteiger partial charge is 0.544 e. The van der Waals surface area contributed by atoms with Crippen LogP contribution in [0.1, 0.15) is 0 Å². The van der Waals surface area contributed by atoms with Gasteiger partial charge in [0.2, 0.25) is 8.32 Å². The Bertz CT molecular complexity index is 517. The molecule has 1 nitrogen and oxygen atoms in total. The van der Waals surface area contributed by atoms with Crippen molar-refractivity contribution >= 4 is 35.0 Å². The molecule has 0 aliphatic carbocycles. The van der Waals surface area contributed by atoms with E-state index >= 15 is 0 Å². The van der Waals surface area contributed by atoms with Crippen molar-refractivity contribution < 1.29 is 4.43 Å². The lowest BCUT2D eigenvalue weighted by atomic mass is 10.1. The summed E-state index contributed by atoms with van der Waals surface area (Å²) in [7, 11) is -1.55. The van der Waals surface area contributed by atoms with Crippen molar-refractivity contribution in [2.45, 2.75) is 19.6 Å². The summed E-state index contributed by atoms with van der Waals surface area (Å²) in [6.07, 6.45) is 0. The summed E-state index contributed by atoms with van der Waals surface area (Å²) in [4.78, 5) is 0. The smallest absolute Gasteiger partial charge is 0.242 e. The van der Waals surface area contributed by atoms with Crippen LogP contribution in [0.15, 0.2) is 40.9 Å². The molecule has 0 unspecified atom stereocenters. The molecule has 0 fully saturated rings. The van der Waals surface area contributed by atoms with Gasteiger partial charge in [0.25, 0.3) is 0 Å². The number of rotatable bonds is 2. The zero-order valence-electron chi connectivity index (χ0n) is 9.75. The summed E-state index contributed by atoms with van der Waals surface area (Å²) in [5.41, 5.74) is 0. The first-order valence-corrected chi connectivity index (χ1v) is 9.53. The third-order valence-corrected chi connectivity index (χ3v) is 3.55. The molecule has 0 spiro atoms. The molecule has 0 aliphatic rings. The highest BCUT2D eigenvalue weighted by Crippen LogP contribution is 2.29. The van der Waals surface area contributed by atoms with E-state index < -0.39 is 8.32 Å². The van der Waals surface area contributed by atoms with Crippen molar-refractivity contribution in [2.24, 2.45) is 0 Å². The maximum absolute atomic E-state index is 6.09. The maximum Gasteiger partial charge on any atom is 0.242 e. The first-order valence-electron chi connectivity index (χ1n) is 5.33. The van der Waals surface area contributed by atoms with Gasteiger partial charge in [-0.25, -0.2) is 0 Å². The Kier molecular flexibility index (Phi) is 3.08. The van der Waals surface area contributed by atoms with E-state index in [1.807, 2.05) is 12.1 Å². The molecular weight excluding hydrogens is 280 g/mol. The number of fused-ring (bicyclic) bond motifs is 1. The molecule has 0 aliphatic heterocycles. The fourth-order valence-electron chi connectivity index (χ4n) is 1.64. The van der Waals surface area contributed by atoms with Gasteiger partial charge in [0, 0.05) is 9.86 Å². The van der Waals surface area contributed by atoms with Gasteiger partial charge >= 0.3 is 0 Å². The highest BCUT2D eigenvalue weighted by molar-refractivity contribution is 9.10. The molecule has 2 aromatic carbocycles. The van der Waals surface area contributed by atoms with Crippen LogP contribution in [0.2, 0.25) is 19.6 Å². The summed E-state index contributed by atoms with van der Waals surface area (Å²) in [6, 6.07) is 12.5. The van der Waals surface area contributed by atoms with Crippen molar-refractivity contribution in [3.63, 3.8) is 0 Å². The molecule has 0 N–H and O–H groups in total. The number of benzene rings is 2. The van der Waals surface area contributed by atoms with Crippen LogP contribution in [0.5, 0.6) is 5.75 Å². The van der Waals surface area contributed by atoms with E-state index in [9.17, 15) is 0 Å². The predicted molar refractivity (Wildman–Crippen MR) is 75.6 cm³/mol. The number of hydrogen-bond donors (Lipinski definition) is 0. The third-order valence-electron chi connectivity index (χ3n) is 2.22. The number of halogens is 1. The molecule has 2 aromatic rings. The van der Waals surface area contributed by atoms with E-state index in [1.54, 1.807) is 0 Å². The van der Waals surface area contributed by atoms with Crippen molar-refractivity contribution in [3.05, 3.63) is 40.9 Å². The van der Waals surface area contributed by atoms with Gasteiger partial charge in [-0.3, -0.25) is 0 Å². The Balaban J connectivity index is 2.56. The van der Waals surface area contributed by atoms with Crippen LogP contribution in [-0.2, 0) is 0 Å². The van der Waals surface area contributed by atoms with Crippen molar-refractivity contribution in [1.82, 2.24) is 0 Å². The van der Waals surface area contributed by atoms with E-state index in [1.165, 1.54) is 10.8 Å². The Morgan fingerprint density at radius 3 is 2.50 bits per heavy atom. The monoisotopic (exact) mass is 294 g/mol. The Hall–Kier alpha value is -0.803. The van der Waals surface area contributed by atoms with Gasteiger partial charge < -0.3 is 4.43 Å². The quantitative estimate of drug-likeness (QED) is 0.722. The van der Waals surface area contributed by atoms with E-state index in [-0.39, 0.29) is 0 Å². The maximum atomic E-state index is 6.09. The van der Waals surface area contributed by atoms with Crippen LogP contribution in [-0.4, -0.2) is 8.32 Å². The van der Waals surface area contributed by atoms with E-state index in [2.05, 4.69) is 59.8 Å². The second kappa shape index (κ2) is 4.22. The van der Waals surface area contributed by atoms with Gasteiger partial charge in [-0.05, 0) is 43.2 Å². The molecule has 16 heavy (non-hydrogen) atoms. The predicted octanol–water partition coefficient (Wildman–Crippen LogP) is 4.82. The molecule has 2 rings (SSSR count). The molecule has 0 saturated carbocycles. The molecule has 0 saturated heterocycles. The minimum atomic E-state index is -1.55. The Morgan fingerprint density at radius 2 is 1.81 bits per heavy atom. The molecule has 0 aromatic heterocycles. The van der Waals surface area contributed by atoms with Gasteiger partial charge in [0.1, 0.15) is 5.75 Å². The summed E-state index contributed by atoms with van der Waals surface area (Å²) in [5.74, 6) is 0.998. The average Bonchev–Trinajstić information content (AvgIpc) is 2.17. The molecule has 3 heteroatoms. The average molecular weight is 295 g/mol. The summed E-state index contributed by atoms with van der Waals surface area (Å²) < 4.78 is 7.18. The van der Waals surface area contributed by atoms with E-state index in [0.29, 0.717) is 0 Å². The van der Waals surface area contributed by atoms with Crippen LogP contribution < -0.4 is 4.43 Å². The first kappa shape index (κ1) is 11.7. The highest BCUT2D eigenvalue weighted by atomic mass is 79.9. The lowest BCUT2D eigenvalue weighted by Crippen LogP contribution is -2.29. The fraction of sp³-hybridized carbons (Fsp3) is 0.231. The first-order chi connectivity index (χ1) is 7.46. The molecule has 0 heterocycles. The summed E-state index contributed by atoms with van der Waals surface area (Å²) in [5, 5.41) is 2.40. The standard InChI is InChI=1S/C13H15BrOSi/c1-16(2,3)15-13-6-4-5-10-7-8-11(14)9-12(10)13/h4-9H,1-3H3. The zero-order chi connectivity index (χ0) is 11.8. The van der Waals surface area contributed by atoms with Crippen LogP contribution in [0.3, 0.4) is 0 Å². The van der Waals surface area contributed by atoms with Crippen LogP contribution in [0.25, 0.3) is 10.8 Å². The second-order valence-electron chi connectivity index (χ2n) is 4.84. The minimum absolute atomic E-state index is 0.998. The molecule has 84 valence electrons. The van der Waals surface area contributed by atoms with Crippen LogP contribution >= 0.6 is 15.9 Å². The molecule has 0 amide bonds. The van der Waals surface area contributed by atoms with Crippen LogP contribution in [0.4, 0.5) is 0 Å². The van der Waals surface area contributed by atoms with E-state index in [0.717, 1.165) is 10.2 Å². The van der Waals surface area contributed by atoms with Gasteiger partial charge in [-0.15, -0.1) is 0 Å².